The molecule has 147 valence electrons. The quantitative estimate of drug-likeness (QED) is 0.161. The van der Waals surface area contributed by atoms with Gasteiger partial charge in [0.05, 0.1) is 25.3 Å². The van der Waals surface area contributed by atoms with E-state index in [4.69, 9.17) is 15.0 Å². The van der Waals surface area contributed by atoms with E-state index in [0.29, 0.717) is 18.8 Å². The number of hydrogen-bond donors (Lipinski definition) is 0. The number of carbonyl (C=O) groups is 1. The van der Waals surface area contributed by atoms with Crippen LogP contribution >= 0.6 is 9.39 Å². The number of nitrogens with zero attached hydrogens (tertiary/aromatic N) is 6. The van der Waals surface area contributed by atoms with Gasteiger partial charge in [0.2, 0.25) is 0 Å². The molecule has 9 nitrogen and oxygen atoms in total. The standard InChI is InChI=1S/C16H19N6O3P.U.V/c17-19-18-7-13-8-22(16(23)25-13)12-3-1-11(2-4-12)21-5-6-24-15-10-20(26)9-14(15)21;;/h3-4,13-15H,5-10,26H2;;/q-2;;. The molecule has 0 aromatic heterocycles. The van der Waals surface area contributed by atoms with Gasteiger partial charge in [0.25, 0.3) is 0 Å². The number of benzene rings is 1. The molecule has 0 saturated carbocycles. The Morgan fingerprint density at radius 2 is 2.07 bits per heavy atom. The fraction of sp³-hybridized carbons (Fsp3) is 0.562. The van der Waals surface area contributed by atoms with Crippen LogP contribution in [0.5, 0.6) is 0 Å². The normalized spacial score (nSPS) is 26.6. The Morgan fingerprint density at radius 1 is 1.32 bits per heavy atom. The molecule has 0 bridgehead atoms. The Balaban J connectivity index is 0.00000140. The van der Waals surface area contributed by atoms with Gasteiger partial charge >= 0.3 is 6.09 Å². The number of cyclic esters (lactones) is 1. The van der Waals surface area contributed by atoms with Crippen LogP contribution in [0.2, 0.25) is 0 Å². The van der Waals surface area contributed by atoms with Gasteiger partial charge in [-0.1, -0.05) is 14.5 Å². The number of azide groups is 1. The van der Waals surface area contributed by atoms with Gasteiger partial charge in [-0.3, -0.25) is 16.8 Å². The average Bonchev–Trinajstić information content (AvgIpc) is 3.21. The van der Waals surface area contributed by atoms with Gasteiger partial charge in [0.1, 0.15) is 6.10 Å². The molecule has 12 heteroatoms. The van der Waals surface area contributed by atoms with E-state index >= 15 is 0 Å². The van der Waals surface area contributed by atoms with Crippen molar-refractivity contribution in [1.29, 1.82) is 0 Å². The summed E-state index contributed by atoms with van der Waals surface area (Å²) in [6, 6.07) is 10.3. The Kier molecular flexibility index (Phi) is 9.00. The molecule has 4 unspecified atom stereocenters. The van der Waals surface area contributed by atoms with Crippen molar-refractivity contribution in [3.63, 3.8) is 0 Å². The first-order valence-electron chi connectivity index (χ1n) is 8.46. The Bertz CT molecular complexity index is 738. The summed E-state index contributed by atoms with van der Waals surface area (Å²) in [6.07, 6.45) is -0.680. The molecule has 3 aliphatic rings. The van der Waals surface area contributed by atoms with Crippen molar-refractivity contribution >= 4 is 26.9 Å². The molecular formula is C16H19N6O3PUV-2. The first-order valence-corrected chi connectivity index (χ1v) is 8.97. The maximum absolute atomic E-state index is 12.0. The van der Waals surface area contributed by atoms with Crippen LogP contribution in [0.15, 0.2) is 17.2 Å². The number of hydrogen-bond acceptors (Lipinski definition) is 6. The Morgan fingerprint density at radius 3 is 2.79 bits per heavy atom. The van der Waals surface area contributed by atoms with Gasteiger partial charge in [0.15, 0.2) is 0 Å². The van der Waals surface area contributed by atoms with Crippen LogP contribution in [0.3, 0.4) is 0 Å². The molecule has 1 aromatic rings. The van der Waals surface area contributed by atoms with E-state index in [1.54, 1.807) is 12.1 Å². The van der Waals surface area contributed by atoms with Gasteiger partial charge in [-0.2, -0.15) is 5.69 Å². The summed E-state index contributed by atoms with van der Waals surface area (Å²) in [6.45, 7) is 3.78. The molecule has 0 N–H and O–H groups in total. The van der Waals surface area contributed by atoms with Crippen LogP contribution in [0.25, 0.3) is 10.4 Å². The monoisotopic (exact) mass is 663 g/mol. The zero-order chi connectivity index (χ0) is 18.1. The van der Waals surface area contributed by atoms with Crippen LogP contribution in [-0.4, -0.2) is 68.3 Å². The zero-order valence-electron chi connectivity index (χ0n) is 15.1. The van der Waals surface area contributed by atoms with Crippen LogP contribution < -0.4 is 9.80 Å². The van der Waals surface area contributed by atoms with E-state index in [9.17, 15) is 4.79 Å². The predicted octanol–water partition coefficient (Wildman–Crippen LogP) is 1.60. The van der Waals surface area contributed by atoms with Crippen LogP contribution in [-0.2, 0) is 28.0 Å². The minimum atomic E-state index is -0.446. The molecule has 28 heavy (non-hydrogen) atoms. The molecule has 3 heterocycles. The van der Waals surface area contributed by atoms with E-state index < -0.39 is 12.2 Å². The molecule has 1 aromatic carbocycles. The zero-order valence-corrected chi connectivity index (χ0v) is 21.8. The third kappa shape index (κ3) is 5.01. The second kappa shape index (κ2) is 10.6. The average molecular weight is 663 g/mol. The van der Waals surface area contributed by atoms with Crippen LogP contribution in [0.4, 0.5) is 16.2 Å². The first-order chi connectivity index (χ1) is 12.7. The maximum atomic E-state index is 12.0. The van der Waals surface area contributed by atoms with Crippen molar-refractivity contribution in [3.05, 3.63) is 34.7 Å². The van der Waals surface area contributed by atoms with Crippen molar-refractivity contribution in [1.82, 2.24) is 4.67 Å². The van der Waals surface area contributed by atoms with Crippen LogP contribution in [0.1, 0.15) is 0 Å². The smallest absolute Gasteiger partial charge is 0.393 e. The van der Waals surface area contributed by atoms with E-state index in [0.717, 1.165) is 25.3 Å². The molecule has 3 fully saturated rings. The number of ether oxygens (including phenoxy) is 2. The van der Waals surface area contributed by atoms with Crippen molar-refractivity contribution in [2.24, 2.45) is 5.11 Å². The van der Waals surface area contributed by atoms with Crippen LogP contribution in [0, 0.1) is 43.2 Å². The van der Waals surface area contributed by atoms with Crippen molar-refractivity contribution < 1.29 is 63.9 Å². The molecular weight excluding hydrogens is 644 g/mol. The fourth-order valence-corrected chi connectivity index (χ4v) is 4.06. The summed E-state index contributed by atoms with van der Waals surface area (Å²) >= 11 is 0. The van der Waals surface area contributed by atoms with Gasteiger partial charge in [0, 0.05) is 80.8 Å². The summed E-state index contributed by atoms with van der Waals surface area (Å²) in [5, 5.41) is 3.47. The number of amides is 1. The van der Waals surface area contributed by atoms with Crippen molar-refractivity contribution in [2.75, 3.05) is 49.1 Å². The van der Waals surface area contributed by atoms with Crippen molar-refractivity contribution in [2.45, 2.75) is 18.2 Å². The number of morpholine rings is 1. The molecule has 0 spiro atoms. The van der Waals surface area contributed by atoms with Gasteiger partial charge < -0.3 is 31.4 Å². The topological polar surface area (TPSA) is 94.0 Å². The fourth-order valence-electron chi connectivity index (χ4n) is 3.64. The minimum absolute atomic E-state index is 0. The number of rotatable bonds is 4. The summed E-state index contributed by atoms with van der Waals surface area (Å²) in [4.78, 5) is 18.5. The van der Waals surface area contributed by atoms with E-state index in [1.165, 1.54) is 4.90 Å². The molecule has 3 aliphatic heterocycles. The number of fused-ring (bicyclic) bond motifs is 1. The molecule has 3 saturated heterocycles. The Hall–Kier alpha value is -0.414. The molecule has 4 atom stereocenters. The maximum Gasteiger partial charge on any atom is 0.393 e. The molecule has 0 aliphatic carbocycles. The molecule has 1 amide bonds. The van der Waals surface area contributed by atoms with E-state index in [1.807, 2.05) is 0 Å². The second-order valence-corrected chi connectivity index (χ2v) is 7.23. The molecule has 1 radical (unpaired) electrons. The van der Waals surface area contributed by atoms with Crippen molar-refractivity contribution in [3.8, 4) is 0 Å². The van der Waals surface area contributed by atoms with E-state index in [2.05, 4.69) is 41.1 Å². The predicted molar refractivity (Wildman–Crippen MR) is 97.9 cm³/mol. The van der Waals surface area contributed by atoms with Gasteiger partial charge in [-0.05, 0) is 5.53 Å². The summed E-state index contributed by atoms with van der Waals surface area (Å²) in [5.74, 6) is 0. The number of carbonyl (C=O) groups excluding carboxylic acids is 1. The summed E-state index contributed by atoms with van der Waals surface area (Å²) in [5.41, 5.74) is 9.94. The summed E-state index contributed by atoms with van der Waals surface area (Å²) < 4.78 is 13.3. The second-order valence-electron chi connectivity index (χ2n) is 6.50. The third-order valence-electron chi connectivity index (χ3n) is 4.86. The third-order valence-corrected chi connectivity index (χ3v) is 5.29. The summed E-state index contributed by atoms with van der Waals surface area (Å²) in [7, 11) is 2.74. The van der Waals surface area contributed by atoms with Gasteiger partial charge in [-0.15, -0.1) is 0 Å². The Labute approximate surface area is 201 Å². The van der Waals surface area contributed by atoms with Gasteiger partial charge in [-0.25, -0.2) is 10.5 Å². The number of anilines is 2. The minimum Gasteiger partial charge on any atom is -0.445 e. The van der Waals surface area contributed by atoms with E-state index in [-0.39, 0.29) is 68.4 Å². The first kappa shape index (κ1) is 23.9. The SMILES string of the molecule is [N-]=[N+]=NCC1CN(c2c[c-]c(N3CCOC4CN(P)CC43)[c-]c2)C(=O)O1.[U].[V]. The largest absolute Gasteiger partial charge is 0.445 e. The molecule has 4 rings (SSSR count).